The zero-order valence-electron chi connectivity index (χ0n) is 9.48. The highest BCUT2D eigenvalue weighted by Gasteiger charge is 2.14. The maximum atomic E-state index is 10.8. The molecule has 0 atom stereocenters. The van der Waals surface area contributed by atoms with Crippen LogP contribution < -0.4 is 11.1 Å². The average molecular weight is 236 g/mol. The average Bonchev–Trinajstić information content (AvgIpc) is 2.30. The molecule has 92 valence electrons. The number of benzene rings is 1. The zero-order valence-corrected chi connectivity index (χ0v) is 9.48. The van der Waals surface area contributed by atoms with Crippen LogP contribution in [-0.2, 0) is 4.74 Å². The fourth-order valence-corrected chi connectivity index (χ4v) is 1.92. The van der Waals surface area contributed by atoms with Gasteiger partial charge in [-0.25, -0.2) is 4.79 Å². The highest BCUT2D eigenvalue weighted by atomic mass is 16.5. The second-order valence-electron chi connectivity index (χ2n) is 4.14. The molecule has 0 amide bonds. The number of ether oxygens (including phenoxy) is 1. The molecular weight excluding hydrogens is 220 g/mol. The fourth-order valence-electron chi connectivity index (χ4n) is 1.92. The molecule has 1 heterocycles. The number of nitrogen functional groups attached to an aromatic ring is 1. The number of nitrogens with two attached hydrogens (primary N) is 1. The van der Waals surface area contributed by atoms with Gasteiger partial charge >= 0.3 is 5.97 Å². The summed E-state index contributed by atoms with van der Waals surface area (Å²) in [6.07, 6.45) is 1.92. The predicted molar refractivity (Wildman–Crippen MR) is 65.3 cm³/mol. The van der Waals surface area contributed by atoms with Gasteiger partial charge in [0.2, 0.25) is 0 Å². The van der Waals surface area contributed by atoms with E-state index in [4.69, 9.17) is 15.6 Å². The van der Waals surface area contributed by atoms with Gasteiger partial charge < -0.3 is 20.9 Å². The van der Waals surface area contributed by atoms with E-state index in [1.165, 1.54) is 6.07 Å². The Bertz CT molecular complexity index is 414. The Morgan fingerprint density at radius 3 is 2.71 bits per heavy atom. The molecule has 0 spiro atoms. The van der Waals surface area contributed by atoms with Gasteiger partial charge in [-0.2, -0.15) is 0 Å². The topological polar surface area (TPSA) is 84.6 Å². The third-order valence-electron chi connectivity index (χ3n) is 2.87. The Morgan fingerprint density at radius 1 is 1.41 bits per heavy atom. The molecule has 0 saturated carbocycles. The summed E-state index contributed by atoms with van der Waals surface area (Å²) >= 11 is 0. The molecule has 0 radical (unpaired) electrons. The Balaban J connectivity index is 2.06. The van der Waals surface area contributed by atoms with Crippen molar-refractivity contribution >= 4 is 17.3 Å². The maximum absolute atomic E-state index is 10.8. The first-order chi connectivity index (χ1) is 8.16. The predicted octanol–water partition coefficient (Wildman–Crippen LogP) is 1.56. The van der Waals surface area contributed by atoms with Crippen molar-refractivity contribution in [3.05, 3.63) is 23.8 Å². The fraction of sp³-hybridized carbons (Fsp3) is 0.417. The standard InChI is InChI=1S/C12H16N2O3/c13-11-7-9(1-2-10(11)12(15)16)14-8-3-5-17-6-4-8/h1-2,7-8,14H,3-6,13H2,(H,15,16). The molecule has 5 nitrogen and oxygen atoms in total. The van der Waals surface area contributed by atoms with Crippen molar-refractivity contribution in [2.45, 2.75) is 18.9 Å². The lowest BCUT2D eigenvalue weighted by Crippen LogP contribution is -2.27. The van der Waals surface area contributed by atoms with Gasteiger partial charge in [0.15, 0.2) is 0 Å². The van der Waals surface area contributed by atoms with Gasteiger partial charge in [0, 0.05) is 30.6 Å². The molecule has 1 fully saturated rings. The molecule has 0 aliphatic carbocycles. The Hall–Kier alpha value is -1.75. The van der Waals surface area contributed by atoms with Crippen LogP contribution in [0.3, 0.4) is 0 Å². The number of rotatable bonds is 3. The minimum atomic E-state index is -1.000. The minimum Gasteiger partial charge on any atom is -0.478 e. The molecule has 0 unspecified atom stereocenters. The summed E-state index contributed by atoms with van der Waals surface area (Å²) in [6.45, 7) is 1.53. The van der Waals surface area contributed by atoms with Crippen molar-refractivity contribution in [3.8, 4) is 0 Å². The van der Waals surface area contributed by atoms with Crippen LogP contribution in [-0.4, -0.2) is 30.3 Å². The second kappa shape index (κ2) is 5.05. The zero-order chi connectivity index (χ0) is 12.3. The molecule has 1 aliphatic rings. The Kier molecular flexibility index (Phi) is 3.49. The molecule has 17 heavy (non-hydrogen) atoms. The minimum absolute atomic E-state index is 0.141. The van der Waals surface area contributed by atoms with Crippen molar-refractivity contribution in [3.63, 3.8) is 0 Å². The first-order valence-electron chi connectivity index (χ1n) is 5.64. The highest BCUT2D eigenvalue weighted by molar-refractivity contribution is 5.94. The Morgan fingerprint density at radius 2 is 2.12 bits per heavy atom. The lowest BCUT2D eigenvalue weighted by atomic mass is 10.1. The van der Waals surface area contributed by atoms with E-state index in [2.05, 4.69) is 5.32 Å². The van der Waals surface area contributed by atoms with Crippen molar-refractivity contribution in [2.75, 3.05) is 24.3 Å². The lowest BCUT2D eigenvalue weighted by Gasteiger charge is -2.24. The van der Waals surface area contributed by atoms with Crippen LogP contribution in [0.5, 0.6) is 0 Å². The smallest absolute Gasteiger partial charge is 0.337 e. The molecule has 4 N–H and O–H groups in total. The summed E-state index contributed by atoms with van der Waals surface area (Å²) in [5, 5.41) is 12.2. The molecular formula is C12H16N2O3. The molecule has 0 bridgehead atoms. The van der Waals surface area contributed by atoms with Crippen LogP contribution in [0.2, 0.25) is 0 Å². The number of hydrogen-bond donors (Lipinski definition) is 3. The molecule has 1 aromatic rings. The number of carbonyl (C=O) groups is 1. The van der Waals surface area contributed by atoms with E-state index in [1.807, 2.05) is 0 Å². The number of nitrogens with one attached hydrogen (secondary N) is 1. The summed E-state index contributed by atoms with van der Waals surface area (Å²) < 4.78 is 5.27. The van der Waals surface area contributed by atoms with Crippen LogP contribution in [0.4, 0.5) is 11.4 Å². The number of carboxylic acid groups (broad SMARTS) is 1. The third kappa shape index (κ3) is 2.88. The van der Waals surface area contributed by atoms with E-state index >= 15 is 0 Å². The maximum Gasteiger partial charge on any atom is 0.337 e. The summed E-state index contributed by atoms with van der Waals surface area (Å²) in [7, 11) is 0. The van der Waals surface area contributed by atoms with Gasteiger partial charge in [-0.1, -0.05) is 0 Å². The summed E-state index contributed by atoms with van der Waals surface area (Å²) in [5.41, 5.74) is 6.97. The number of carboxylic acids is 1. The van der Waals surface area contributed by atoms with Gasteiger partial charge in [0.1, 0.15) is 0 Å². The SMILES string of the molecule is Nc1cc(NC2CCOCC2)ccc1C(=O)O. The molecule has 1 aromatic carbocycles. The van der Waals surface area contributed by atoms with E-state index in [0.29, 0.717) is 6.04 Å². The van der Waals surface area contributed by atoms with E-state index in [1.54, 1.807) is 12.1 Å². The van der Waals surface area contributed by atoms with E-state index < -0.39 is 5.97 Å². The van der Waals surface area contributed by atoms with Gasteiger partial charge in [-0.3, -0.25) is 0 Å². The monoisotopic (exact) mass is 236 g/mol. The van der Waals surface area contributed by atoms with Crippen LogP contribution in [0.15, 0.2) is 18.2 Å². The van der Waals surface area contributed by atoms with Crippen molar-refractivity contribution in [1.82, 2.24) is 0 Å². The third-order valence-corrected chi connectivity index (χ3v) is 2.87. The normalized spacial score (nSPS) is 16.7. The summed E-state index contributed by atoms with van der Waals surface area (Å²) in [6, 6.07) is 5.31. The highest BCUT2D eigenvalue weighted by Crippen LogP contribution is 2.20. The molecule has 1 aliphatic heterocycles. The largest absolute Gasteiger partial charge is 0.478 e. The summed E-state index contributed by atoms with van der Waals surface area (Å²) in [4.78, 5) is 10.8. The van der Waals surface area contributed by atoms with Crippen LogP contribution in [0.1, 0.15) is 23.2 Å². The number of anilines is 2. The van der Waals surface area contributed by atoms with Gasteiger partial charge in [0.05, 0.1) is 5.56 Å². The van der Waals surface area contributed by atoms with E-state index in [9.17, 15) is 4.79 Å². The molecule has 1 saturated heterocycles. The van der Waals surface area contributed by atoms with Gasteiger partial charge in [-0.05, 0) is 31.0 Å². The number of hydrogen-bond acceptors (Lipinski definition) is 4. The van der Waals surface area contributed by atoms with Gasteiger partial charge in [-0.15, -0.1) is 0 Å². The first-order valence-corrected chi connectivity index (χ1v) is 5.64. The van der Waals surface area contributed by atoms with Crippen molar-refractivity contribution in [1.29, 1.82) is 0 Å². The first kappa shape index (κ1) is 11.7. The van der Waals surface area contributed by atoms with E-state index in [0.717, 1.165) is 31.7 Å². The quantitative estimate of drug-likeness (QED) is 0.693. The van der Waals surface area contributed by atoms with Crippen LogP contribution in [0.25, 0.3) is 0 Å². The second-order valence-corrected chi connectivity index (χ2v) is 4.14. The molecule has 5 heteroatoms. The van der Waals surface area contributed by atoms with Crippen molar-refractivity contribution < 1.29 is 14.6 Å². The number of aromatic carboxylic acids is 1. The summed E-state index contributed by atoms with van der Waals surface area (Å²) in [5.74, 6) is -1.000. The van der Waals surface area contributed by atoms with Crippen molar-refractivity contribution in [2.24, 2.45) is 0 Å². The molecule has 2 rings (SSSR count). The Labute approximate surface area is 99.6 Å². The van der Waals surface area contributed by atoms with Gasteiger partial charge in [0.25, 0.3) is 0 Å². The lowest BCUT2D eigenvalue weighted by molar-refractivity contribution is 0.0698. The van der Waals surface area contributed by atoms with E-state index in [-0.39, 0.29) is 11.3 Å². The van der Waals surface area contributed by atoms with Crippen LogP contribution >= 0.6 is 0 Å². The van der Waals surface area contributed by atoms with Crippen LogP contribution in [0, 0.1) is 0 Å². The molecule has 0 aromatic heterocycles.